The van der Waals surface area contributed by atoms with Gasteiger partial charge in [0.15, 0.2) is 5.96 Å². The van der Waals surface area contributed by atoms with Crippen molar-refractivity contribution in [3.63, 3.8) is 0 Å². The van der Waals surface area contributed by atoms with E-state index < -0.39 is 0 Å². The molecule has 0 saturated carbocycles. The van der Waals surface area contributed by atoms with Crippen molar-refractivity contribution in [2.45, 2.75) is 12.3 Å². The SMILES string of the molecule is Cl.N=C(N)N1CCC(c2nc(-c3ccc(Nc4ccccc4Cl)nc3)no2)C1. The number of para-hydroxylation sites is 1. The lowest BCUT2D eigenvalue weighted by molar-refractivity contribution is 0.354. The maximum Gasteiger partial charge on any atom is 0.231 e. The Hall–Kier alpha value is -2.84. The number of halogens is 2. The Kier molecular flexibility index (Phi) is 6.01. The molecule has 1 aliphatic heterocycles. The van der Waals surface area contributed by atoms with Crippen molar-refractivity contribution in [1.29, 1.82) is 5.41 Å². The van der Waals surface area contributed by atoms with E-state index in [1.54, 1.807) is 11.1 Å². The number of hydrogen-bond acceptors (Lipinski definition) is 6. The molecule has 1 fully saturated rings. The lowest BCUT2D eigenvalue weighted by Crippen LogP contribution is -2.34. The molecule has 1 aliphatic rings. The molecule has 1 unspecified atom stereocenters. The van der Waals surface area contributed by atoms with E-state index in [2.05, 4.69) is 20.4 Å². The maximum absolute atomic E-state index is 7.51. The number of guanidine groups is 1. The minimum Gasteiger partial charge on any atom is -0.370 e. The van der Waals surface area contributed by atoms with Gasteiger partial charge in [0.25, 0.3) is 0 Å². The van der Waals surface area contributed by atoms with E-state index in [-0.39, 0.29) is 24.3 Å². The third-order valence-electron chi connectivity index (χ3n) is 4.48. The molecule has 4 N–H and O–H groups in total. The van der Waals surface area contributed by atoms with Crippen LogP contribution in [0.4, 0.5) is 11.5 Å². The number of pyridine rings is 1. The number of hydrogen-bond donors (Lipinski definition) is 3. The molecule has 0 bridgehead atoms. The second-order valence-electron chi connectivity index (χ2n) is 6.31. The molecule has 2 aromatic heterocycles. The first kappa shape index (κ1) is 19.9. The molecule has 1 atom stereocenters. The van der Waals surface area contributed by atoms with E-state index in [9.17, 15) is 0 Å². The van der Waals surface area contributed by atoms with Crippen LogP contribution in [-0.2, 0) is 0 Å². The predicted octanol–water partition coefficient (Wildman–Crippen LogP) is 3.63. The third kappa shape index (κ3) is 4.18. The van der Waals surface area contributed by atoms with E-state index in [0.717, 1.165) is 24.2 Å². The lowest BCUT2D eigenvalue weighted by Gasteiger charge is -2.14. The zero-order valence-corrected chi connectivity index (χ0v) is 16.4. The number of nitrogens with zero attached hydrogens (tertiary/aromatic N) is 4. The molecule has 3 heterocycles. The van der Waals surface area contributed by atoms with Crippen LogP contribution in [0.5, 0.6) is 0 Å². The van der Waals surface area contributed by atoms with E-state index in [1.165, 1.54) is 0 Å². The lowest BCUT2D eigenvalue weighted by atomic mass is 10.1. The van der Waals surface area contributed by atoms with E-state index in [1.807, 2.05) is 36.4 Å². The van der Waals surface area contributed by atoms with Gasteiger partial charge in [-0.25, -0.2) is 4.98 Å². The highest BCUT2D eigenvalue weighted by Crippen LogP contribution is 2.28. The average Bonchev–Trinajstić information content (AvgIpc) is 3.34. The van der Waals surface area contributed by atoms with Crippen molar-refractivity contribution < 1.29 is 4.52 Å². The van der Waals surface area contributed by atoms with Gasteiger partial charge in [-0.1, -0.05) is 28.9 Å². The van der Waals surface area contributed by atoms with Crippen molar-refractivity contribution >= 4 is 41.5 Å². The minimum atomic E-state index is 0. The maximum atomic E-state index is 7.51. The van der Waals surface area contributed by atoms with Crippen molar-refractivity contribution in [2.75, 3.05) is 18.4 Å². The Morgan fingerprint density at radius 2 is 2.11 bits per heavy atom. The highest BCUT2D eigenvalue weighted by Gasteiger charge is 2.29. The fourth-order valence-electron chi connectivity index (χ4n) is 3.00. The third-order valence-corrected chi connectivity index (χ3v) is 4.81. The summed E-state index contributed by atoms with van der Waals surface area (Å²) in [5, 5.41) is 15.4. The van der Waals surface area contributed by atoms with Crippen LogP contribution in [0.1, 0.15) is 18.2 Å². The van der Waals surface area contributed by atoms with Gasteiger partial charge in [0, 0.05) is 24.8 Å². The first-order valence-electron chi connectivity index (χ1n) is 8.50. The van der Waals surface area contributed by atoms with E-state index in [4.69, 9.17) is 27.3 Å². The number of nitrogens with two attached hydrogens (primary N) is 1. The minimum absolute atomic E-state index is 0. The molecule has 0 amide bonds. The molecule has 28 heavy (non-hydrogen) atoms. The van der Waals surface area contributed by atoms with E-state index >= 15 is 0 Å². The summed E-state index contributed by atoms with van der Waals surface area (Å²) in [7, 11) is 0. The Bertz CT molecular complexity index is 961. The topological polar surface area (TPSA) is 117 Å². The van der Waals surface area contributed by atoms with Crippen LogP contribution in [0, 0.1) is 5.41 Å². The van der Waals surface area contributed by atoms with Crippen LogP contribution in [0.3, 0.4) is 0 Å². The Morgan fingerprint density at radius 1 is 1.29 bits per heavy atom. The van der Waals surface area contributed by atoms with Crippen LogP contribution >= 0.6 is 24.0 Å². The number of likely N-dealkylation sites (tertiary alicyclic amines) is 1. The van der Waals surface area contributed by atoms with Crippen LogP contribution < -0.4 is 11.1 Å². The molecule has 1 saturated heterocycles. The van der Waals surface area contributed by atoms with Gasteiger partial charge in [0.2, 0.25) is 11.7 Å². The molecular weight excluding hydrogens is 401 g/mol. The highest BCUT2D eigenvalue weighted by molar-refractivity contribution is 6.33. The highest BCUT2D eigenvalue weighted by atomic mass is 35.5. The molecule has 0 spiro atoms. The number of anilines is 2. The summed E-state index contributed by atoms with van der Waals surface area (Å²) in [6.45, 7) is 1.34. The first-order chi connectivity index (χ1) is 13.1. The summed E-state index contributed by atoms with van der Waals surface area (Å²) in [5.41, 5.74) is 7.08. The van der Waals surface area contributed by atoms with Gasteiger partial charge in [-0.15, -0.1) is 12.4 Å². The zero-order chi connectivity index (χ0) is 18.8. The van der Waals surface area contributed by atoms with Gasteiger partial charge < -0.3 is 20.5 Å². The molecule has 0 aliphatic carbocycles. The molecule has 3 aromatic rings. The fraction of sp³-hybridized carbons (Fsp3) is 0.222. The van der Waals surface area contributed by atoms with Crippen LogP contribution in [0.25, 0.3) is 11.4 Å². The molecule has 8 nitrogen and oxygen atoms in total. The Balaban J connectivity index is 0.00000225. The number of nitrogens with one attached hydrogen (secondary N) is 2. The van der Waals surface area contributed by atoms with Crippen LogP contribution in [0.15, 0.2) is 47.1 Å². The first-order valence-corrected chi connectivity index (χ1v) is 8.88. The fourth-order valence-corrected chi connectivity index (χ4v) is 3.18. The molecule has 4 rings (SSSR count). The number of benzene rings is 1. The van der Waals surface area contributed by atoms with Crippen molar-refractivity contribution in [3.8, 4) is 11.4 Å². The quantitative estimate of drug-likeness (QED) is 0.436. The van der Waals surface area contributed by atoms with Gasteiger partial charge in [-0.2, -0.15) is 4.98 Å². The normalized spacial score (nSPS) is 15.9. The molecule has 1 aromatic carbocycles. The summed E-state index contributed by atoms with van der Waals surface area (Å²) < 4.78 is 5.41. The monoisotopic (exact) mass is 419 g/mol. The van der Waals surface area contributed by atoms with Gasteiger partial charge in [-0.3, -0.25) is 5.41 Å². The number of rotatable bonds is 4. The average molecular weight is 420 g/mol. The second-order valence-corrected chi connectivity index (χ2v) is 6.72. The van der Waals surface area contributed by atoms with Gasteiger partial charge in [0.05, 0.1) is 16.6 Å². The number of aromatic nitrogens is 3. The zero-order valence-electron chi connectivity index (χ0n) is 14.8. The van der Waals surface area contributed by atoms with Crippen molar-refractivity contribution in [1.82, 2.24) is 20.0 Å². The van der Waals surface area contributed by atoms with Gasteiger partial charge in [0.1, 0.15) is 5.82 Å². The largest absolute Gasteiger partial charge is 0.370 e. The van der Waals surface area contributed by atoms with Crippen LogP contribution in [-0.4, -0.2) is 39.1 Å². The van der Waals surface area contributed by atoms with Gasteiger partial charge >= 0.3 is 0 Å². The van der Waals surface area contributed by atoms with E-state index in [0.29, 0.717) is 29.1 Å². The molecular formula is C18H19Cl2N7O. The Morgan fingerprint density at radius 3 is 2.79 bits per heavy atom. The summed E-state index contributed by atoms with van der Waals surface area (Å²) >= 11 is 6.15. The summed E-state index contributed by atoms with van der Waals surface area (Å²) in [4.78, 5) is 10.7. The summed E-state index contributed by atoms with van der Waals surface area (Å²) in [6, 6.07) is 11.2. The standard InChI is InChI=1S/C18H18ClN7O.ClH/c19-13-3-1-2-4-14(13)23-15-6-5-11(9-22-15)16-24-17(27-25-16)12-7-8-26(10-12)18(20)21;/h1-6,9,12H,7-8,10H2,(H3,20,21)(H,22,23);1H. The summed E-state index contributed by atoms with van der Waals surface area (Å²) in [5.74, 6) is 1.88. The summed E-state index contributed by atoms with van der Waals surface area (Å²) in [6.07, 6.45) is 2.52. The molecule has 10 heteroatoms. The Labute approximate surface area is 173 Å². The van der Waals surface area contributed by atoms with Crippen molar-refractivity contribution in [2.24, 2.45) is 5.73 Å². The predicted molar refractivity (Wildman–Crippen MR) is 110 cm³/mol. The smallest absolute Gasteiger partial charge is 0.231 e. The second kappa shape index (κ2) is 8.45. The van der Waals surface area contributed by atoms with Gasteiger partial charge in [-0.05, 0) is 30.7 Å². The molecule has 146 valence electrons. The van der Waals surface area contributed by atoms with Crippen molar-refractivity contribution in [3.05, 3.63) is 53.5 Å². The van der Waals surface area contributed by atoms with Crippen LogP contribution in [0.2, 0.25) is 5.02 Å². The molecule has 0 radical (unpaired) electrons.